The number of furan rings is 1. The fraction of sp³-hybridized carbons (Fsp3) is 0.125. The molecule has 0 aliphatic heterocycles. The monoisotopic (exact) mass is 299 g/mol. The Morgan fingerprint density at radius 3 is 2.76 bits per heavy atom. The van der Waals surface area contributed by atoms with Gasteiger partial charge in [0.25, 0.3) is 0 Å². The third-order valence-electron chi connectivity index (χ3n) is 3.12. The molecule has 106 valence electrons. The molecule has 1 aromatic carbocycles. The minimum atomic E-state index is -0.996. The van der Waals surface area contributed by atoms with E-state index in [0.717, 1.165) is 17.8 Å². The summed E-state index contributed by atoms with van der Waals surface area (Å²) < 4.78 is 5.25. The van der Waals surface area contributed by atoms with Crippen molar-refractivity contribution in [1.29, 1.82) is 0 Å². The summed E-state index contributed by atoms with van der Waals surface area (Å²) in [5, 5.41) is 11.8. The summed E-state index contributed by atoms with van der Waals surface area (Å²) in [6.07, 6.45) is 3.04. The number of aromatic nitrogens is 1. The third-order valence-corrected chi connectivity index (χ3v) is 4.03. The molecule has 3 rings (SSSR count). The van der Waals surface area contributed by atoms with Crippen molar-refractivity contribution in [2.24, 2.45) is 0 Å². The highest BCUT2D eigenvalue weighted by Gasteiger charge is 2.12. The summed E-state index contributed by atoms with van der Waals surface area (Å²) in [7, 11) is 0. The van der Waals surface area contributed by atoms with Gasteiger partial charge < -0.3 is 9.52 Å². The maximum Gasteiger partial charge on any atom is 0.338 e. The summed E-state index contributed by atoms with van der Waals surface area (Å²) in [6.45, 7) is 0. The Morgan fingerprint density at radius 1 is 1.24 bits per heavy atom. The summed E-state index contributed by atoms with van der Waals surface area (Å²) >= 11 is 1.56. The first-order valence-corrected chi connectivity index (χ1v) is 7.41. The number of thiazole rings is 1. The van der Waals surface area contributed by atoms with Crippen LogP contribution in [0.4, 0.5) is 0 Å². The van der Waals surface area contributed by atoms with E-state index < -0.39 is 5.97 Å². The van der Waals surface area contributed by atoms with Gasteiger partial charge in [-0.05, 0) is 12.0 Å². The fourth-order valence-corrected chi connectivity index (χ4v) is 2.81. The van der Waals surface area contributed by atoms with Gasteiger partial charge in [-0.2, -0.15) is 0 Å². The Balaban J connectivity index is 1.69. The number of hydrogen-bond acceptors (Lipinski definition) is 4. The van der Waals surface area contributed by atoms with E-state index in [1.807, 2.05) is 23.6 Å². The molecule has 0 spiro atoms. The van der Waals surface area contributed by atoms with Crippen LogP contribution in [0, 0.1) is 0 Å². The van der Waals surface area contributed by atoms with Crippen molar-refractivity contribution in [3.05, 3.63) is 64.2 Å². The Bertz CT molecular complexity index is 746. The molecule has 4 nitrogen and oxygen atoms in total. The van der Waals surface area contributed by atoms with Crippen LogP contribution in [0.25, 0.3) is 11.5 Å². The number of nitrogens with zero attached hydrogens (tertiary/aromatic N) is 1. The van der Waals surface area contributed by atoms with E-state index in [0.29, 0.717) is 11.5 Å². The van der Waals surface area contributed by atoms with Crippen LogP contribution in [0.1, 0.15) is 20.9 Å². The summed E-state index contributed by atoms with van der Waals surface area (Å²) in [5.41, 5.74) is 2.11. The number of carboxylic acids is 1. The average molecular weight is 299 g/mol. The van der Waals surface area contributed by atoms with Crippen molar-refractivity contribution in [3.63, 3.8) is 0 Å². The van der Waals surface area contributed by atoms with Crippen molar-refractivity contribution in [2.75, 3.05) is 0 Å². The van der Waals surface area contributed by atoms with Crippen LogP contribution in [-0.2, 0) is 12.8 Å². The average Bonchev–Trinajstić information content (AvgIpc) is 3.15. The number of benzene rings is 1. The maximum absolute atomic E-state index is 10.8. The molecule has 0 bridgehead atoms. The van der Waals surface area contributed by atoms with Gasteiger partial charge in [-0.1, -0.05) is 30.3 Å². The molecule has 0 fully saturated rings. The summed E-state index contributed by atoms with van der Waals surface area (Å²) in [4.78, 5) is 15.3. The molecule has 0 amide bonds. The summed E-state index contributed by atoms with van der Waals surface area (Å²) in [5.74, 6) is -0.501. The highest BCUT2D eigenvalue weighted by Crippen LogP contribution is 2.24. The number of aryl methyl sites for hydroxylation is 2. The lowest BCUT2D eigenvalue weighted by Gasteiger charge is -1.97. The minimum absolute atomic E-state index is 0.142. The highest BCUT2D eigenvalue weighted by molar-refractivity contribution is 7.09. The molecule has 2 aromatic heterocycles. The molecule has 2 heterocycles. The molecule has 21 heavy (non-hydrogen) atoms. The lowest BCUT2D eigenvalue weighted by Crippen LogP contribution is -1.91. The van der Waals surface area contributed by atoms with Gasteiger partial charge in [0.1, 0.15) is 12.0 Å². The quantitative estimate of drug-likeness (QED) is 0.776. The van der Waals surface area contributed by atoms with Crippen LogP contribution in [0.5, 0.6) is 0 Å². The second-order valence-electron chi connectivity index (χ2n) is 4.62. The van der Waals surface area contributed by atoms with Crippen molar-refractivity contribution < 1.29 is 14.3 Å². The van der Waals surface area contributed by atoms with E-state index in [2.05, 4.69) is 17.1 Å². The first kappa shape index (κ1) is 13.6. The SMILES string of the molecule is O=C(O)c1coc(-c2csc(CCc3ccccc3)n2)c1. The van der Waals surface area contributed by atoms with Gasteiger partial charge in [0.15, 0.2) is 5.76 Å². The van der Waals surface area contributed by atoms with Gasteiger partial charge in [-0.3, -0.25) is 0 Å². The van der Waals surface area contributed by atoms with E-state index in [9.17, 15) is 4.79 Å². The zero-order chi connectivity index (χ0) is 14.7. The standard InChI is InChI=1S/C16H13NO3S/c18-16(19)12-8-14(20-9-12)13-10-21-15(17-13)7-6-11-4-2-1-3-5-11/h1-5,8-10H,6-7H2,(H,18,19). The number of hydrogen-bond donors (Lipinski definition) is 1. The van der Waals surface area contributed by atoms with Gasteiger partial charge >= 0.3 is 5.97 Å². The molecule has 3 aromatic rings. The highest BCUT2D eigenvalue weighted by atomic mass is 32.1. The molecular formula is C16H13NO3S. The molecular weight excluding hydrogens is 286 g/mol. The molecule has 0 radical (unpaired) electrons. The van der Waals surface area contributed by atoms with Crippen LogP contribution in [0.2, 0.25) is 0 Å². The Kier molecular flexibility index (Phi) is 3.83. The van der Waals surface area contributed by atoms with Crippen LogP contribution in [0.15, 0.2) is 52.5 Å². The van der Waals surface area contributed by atoms with Crippen molar-refractivity contribution in [1.82, 2.24) is 4.98 Å². The van der Waals surface area contributed by atoms with Crippen molar-refractivity contribution in [3.8, 4) is 11.5 Å². The maximum atomic E-state index is 10.8. The zero-order valence-corrected chi connectivity index (χ0v) is 12.0. The van der Waals surface area contributed by atoms with Gasteiger partial charge in [-0.25, -0.2) is 9.78 Å². The zero-order valence-electron chi connectivity index (χ0n) is 11.2. The van der Waals surface area contributed by atoms with Gasteiger partial charge in [0.2, 0.25) is 0 Å². The van der Waals surface area contributed by atoms with Crippen LogP contribution in [0.3, 0.4) is 0 Å². The number of carbonyl (C=O) groups is 1. The van der Waals surface area contributed by atoms with Crippen LogP contribution < -0.4 is 0 Å². The number of aromatic carboxylic acids is 1. The molecule has 0 saturated carbocycles. The van der Waals surface area contributed by atoms with Gasteiger partial charge in [0.05, 0.1) is 10.6 Å². The smallest absolute Gasteiger partial charge is 0.338 e. The normalized spacial score (nSPS) is 10.7. The third kappa shape index (κ3) is 3.20. The number of rotatable bonds is 5. The molecule has 0 aliphatic carbocycles. The van der Waals surface area contributed by atoms with Crippen molar-refractivity contribution in [2.45, 2.75) is 12.8 Å². The number of carboxylic acid groups (broad SMARTS) is 1. The molecule has 0 atom stereocenters. The second-order valence-corrected chi connectivity index (χ2v) is 5.56. The topological polar surface area (TPSA) is 63.3 Å². The van der Waals surface area contributed by atoms with Crippen molar-refractivity contribution >= 4 is 17.3 Å². The Labute approximate surface area is 125 Å². The molecule has 0 saturated heterocycles. The van der Waals surface area contributed by atoms with Gasteiger partial charge in [-0.15, -0.1) is 11.3 Å². The lowest BCUT2D eigenvalue weighted by atomic mass is 10.1. The van der Waals surface area contributed by atoms with E-state index >= 15 is 0 Å². The van der Waals surface area contributed by atoms with Gasteiger partial charge in [0, 0.05) is 17.9 Å². The predicted octanol–water partition coefficient (Wildman–Crippen LogP) is 3.89. The predicted molar refractivity (Wildman–Crippen MR) is 80.6 cm³/mol. The molecule has 0 aliphatic rings. The fourth-order valence-electron chi connectivity index (χ4n) is 2.02. The molecule has 1 N–H and O–H groups in total. The Hall–Kier alpha value is -2.40. The van der Waals surface area contributed by atoms with Crippen LogP contribution >= 0.6 is 11.3 Å². The lowest BCUT2D eigenvalue weighted by molar-refractivity contribution is 0.0696. The molecule has 5 heteroatoms. The first-order chi connectivity index (χ1) is 10.2. The van der Waals surface area contributed by atoms with E-state index in [1.165, 1.54) is 17.9 Å². The Morgan fingerprint density at radius 2 is 2.05 bits per heavy atom. The van der Waals surface area contributed by atoms with E-state index in [-0.39, 0.29) is 5.56 Å². The first-order valence-electron chi connectivity index (χ1n) is 6.53. The van der Waals surface area contributed by atoms with E-state index in [1.54, 1.807) is 11.3 Å². The molecule has 0 unspecified atom stereocenters. The second kappa shape index (κ2) is 5.93. The largest absolute Gasteiger partial charge is 0.478 e. The van der Waals surface area contributed by atoms with Crippen LogP contribution in [-0.4, -0.2) is 16.1 Å². The summed E-state index contributed by atoms with van der Waals surface area (Å²) in [6, 6.07) is 11.7. The van der Waals surface area contributed by atoms with E-state index in [4.69, 9.17) is 9.52 Å². The minimum Gasteiger partial charge on any atom is -0.478 e.